The molecule has 2 unspecified atom stereocenters. The van der Waals surface area contributed by atoms with E-state index in [4.69, 9.17) is 0 Å². The van der Waals surface area contributed by atoms with Crippen LogP contribution in [-0.4, -0.2) is 58.5 Å². The summed E-state index contributed by atoms with van der Waals surface area (Å²) < 4.78 is 0. The molecule has 0 aromatic carbocycles. The quantitative estimate of drug-likeness (QED) is 0.605. The molecule has 0 bridgehead atoms. The minimum absolute atomic E-state index is 0.155. The second kappa shape index (κ2) is 9.97. The van der Waals surface area contributed by atoms with Gasteiger partial charge < -0.3 is 15.7 Å². The van der Waals surface area contributed by atoms with Crippen molar-refractivity contribution < 1.29 is 19.5 Å². The van der Waals surface area contributed by atoms with Gasteiger partial charge in [0.1, 0.15) is 6.04 Å². The average molecular weight is 411 g/mol. The molecule has 1 fully saturated rings. The molecule has 2 rings (SSSR count). The Kier molecular flexibility index (Phi) is 7.94. The number of carboxylic acids is 1. The van der Waals surface area contributed by atoms with Crippen molar-refractivity contribution in [2.24, 2.45) is 11.8 Å². The Morgan fingerprint density at radius 2 is 2.04 bits per heavy atom. The summed E-state index contributed by atoms with van der Waals surface area (Å²) in [6.45, 7) is 9.09. The van der Waals surface area contributed by atoms with Crippen molar-refractivity contribution in [3.63, 3.8) is 0 Å². The third-order valence-corrected chi connectivity index (χ3v) is 5.83. The molecule has 2 atom stereocenters. The molecular formula is C19H30N4O4S. The number of amides is 2. The van der Waals surface area contributed by atoms with Gasteiger partial charge in [-0.3, -0.25) is 14.5 Å². The smallest absolute Gasteiger partial charge is 0.326 e. The van der Waals surface area contributed by atoms with E-state index in [2.05, 4.69) is 15.6 Å². The average Bonchev–Trinajstić information content (AvgIpc) is 2.91. The normalized spacial score (nSPS) is 18.7. The topological polar surface area (TPSA) is 112 Å². The van der Waals surface area contributed by atoms with Gasteiger partial charge in [0, 0.05) is 11.4 Å². The summed E-state index contributed by atoms with van der Waals surface area (Å²) >= 11 is 1.44. The molecule has 8 nitrogen and oxygen atoms in total. The lowest BCUT2D eigenvalue weighted by molar-refractivity contribution is -0.143. The van der Waals surface area contributed by atoms with Crippen molar-refractivity contribution in [2.75, 3.05) is 25.0 Å². The van der Waals surface area contributed by atoms with Crippen molar-refractivity contribution in [1.82, 2.24) is 15.2 Å². The number of nitrogens with one attached hydrogen (secondary N) is 2. The first-order chi connectivity index (χ1) is 13.2. The van der Waals surface area contributed by atoms with E-state index in [1.165, 1.54) is 11.3 Å². The second-order valence-corrected chi connectivity index (χ2v) is 9.02. The lowest BCUT2D eigenvalue weighted by Gasteiger charge is -2.32. The van der Waals surface area contributed by atoms with Gasteiger partial charge in [-0.25, -0.2) is 9.78 Å². The number of carbonyl (C=O) groups excluding carboxylic acids is 2. The highest BCUT2D eigenvalue weighted by atomic mass is 32.1. The van der Waals surface area contributed by atoms with Crippen LogP contribution >= 0.6 is 11.3 Å². The van der Waals surface area contributed by atoms with Crippen LogP contribution in [0.15, 0.2) is 0 Å². The van der Waals surface area contributed by atoms with E-state index in [1.54, 1.807) is 0 Å². The van der Waals surface area contributed by atoms with Gasteiger partial charge >= 0.3 is 5.97 Å². The van der Waals surface area contributed by atoms with Crippen molar-refractivity contribution >= 4 is 34.3 Å². The molecule has 1 aromatic heterocycles. The maximum Gasteiger partial charge on any atom is 0.326 e. The van der Waals surface area contributed by atoms with Crippen LogP contribution in [0.1, 0.15) is 43.7 Å². The highest BCUT2D eigenvalue weighted by Crippen LogP contribution is 2.21. The van der Waals surface area contributed by atoms with Gasteiger partial charge in [0.05, 0.1) is 18.2 Å². The zero-order valence-corrected chi connectivity index (χ0v) is 17.8. The number of likely N-dealkylation sites (tertiary alicyclic amines) is 1. The Morgan fingerprint density at radius 3 is 2.61 bits per heavy atom. The zero-order valence-electron chi connectivity index (χ0n) is 16.9. The van der Waals surface area contributed by atoms with E-state index in [0.717, 1.165) is 23.5 Å². The highest BCUT2D eigenvalue weighted by molar-refractivity contribution is 7.15. The minimum Gasteiger partial charge on any atom is -0.480 e. The summed E-state index contributed by atoms with van der Waals surface area (Å²) in [6.07, 6.45) is 1.89. The molecule has 1 aromatic rings. The standard InChI is InChI=1S/C19H30N4O4S/c1-11(2)8-15(18(26)27)21-17(25)14-6-5-7-23(9-14)10-16(24)22-19-20-12(3)13(4)28-19/h11,14-15H,5-10H2,1-4H3,(H,21,25)(H,26,27)(H,20,22,24). The van der Waals surface area contributed by atoms with Gasteiger partial charge in [-0.15, -0.1) is 11.3 Å². The predicted molar refractivity (Wildman–Crippen MR) is 108 cm³/mol. The number of rotatable bonds is 8. The lowest BCUT2D eigenvalue weighted by Crippen LogP contribution is -2.49. The van der Waals surface area contributed by atoms with Gasteiger partial charge in [0.2, 0.25) is 11.8 Å². The SMILES string of the molecule is Cc1nc(NC(=O)CN2CCCC(C(=O)NC(CC(C)C)C(=O)O)C2)sc1C. The number of nitrogens with zero attached hydrogens (tertiary/aromatic N) is 2. The summed E-state index contributed by atoms with van der Waals surface area (Å²) in [5, 5.41) is 15.4. The summed E-state index contributed by atoms with van der Waals surface area (Å²) in [4.78, 5) is 43.5. The Balaban J connectivity index is 1.87. The van der Waals surface area contributed by atoms with Crippen LogP contribution in [0, 0.1) is 25.7 Å². The first-order valence-corrected chi connectivity index (χ1v) is 10.5. The molecule has 156 valence electrons. The van der Waals surface area contributed by atoms with Crippen molar-refractivity contribution in [3.05, 3.63) is 10.6 Å². The van der Waals surface area contributed by atoms with Gasteiger partial charge in [-0.05, 0) is 45.6 Å². The zero-order chi connectivity index (χ0) is 20.8. The molecule has 1 aliphatic rings. The molecule has 2 heterocycles. The van der Waals surface area contributed by atoms with Gasteiger partial charge in [0.25, 0.3) is 0 Å². The Morgan fingerprint density at radius 1 is 1.32 bits per heavy atom. The maximum atomic E-state index is 12.5. The van der Waals surface area contributed by atoms with Crippen LogP contribution in [0.3, 0.4) is 0 Å². The number of aromatic nitrogens is 1. The number of carbonyl (C=O) groups is 3. The Bertz CT molecular complexity index is 699. The predicted octanol–water partition coefficient (Wildman–Crippen LogP) is 2.03. The number of thiazole rings is 1. The first-order valence-electron chi connectivity index (χ1n) is 9.65. The molecule has 0 spiro atoms. The number of hydrogen-bond acceptors (Lipinski definition) is 6. The molecule has 28 heavy (non-hydrogen) atoms. The van der Waals surface area contributed by atoms with Crippen molar-refractivity contribution in [1.29, 1.82) is 0 Å². The Hall–Kier alpha value is -2.00. The van der Waals surface area contributed by atoms with Gasteiger partial charge in [-0.1, -0.05) is 13.8 Å². The number of carboxylic acid groups (broad SMARTS) is 1. The molecule has 9 heteroatoms. The second-order valence-electron chi connectivity index (χ2n) is 7.81. The van der Waals surface area contributed by atoms with Crippen LogP contribution in [0.4, 0.5) is 5.13 Å². The minimum atomic E-state index is -1.01. The van der Waals surface area contributed by atoms with E-state index in [0.29, 0.717) is 24.5 Å². The number of anilines is 1. The molecule has 0 radical (unpaired) electrons. The van der Waals surface area contributed by atoms with Gasteiger partial charge in [0.15, 0.2) is 5.13 Å². The molecule has 1 saturated heterocycles. The summed E-state index contributed by atoms with van der Waals surface area (Å²) in [7, 11) is 0. The van der Waals surface area contributed by atoms with Gasteiger partial charge in [-0.2, -0.15) is 0 Å². The number of aryl methyl sites for hydroxylation is 2. The fourth-order valence-corrected chi connectivity index (χ4v) is 4.11. The monoisotopic (exact) mass is 410 g/mol. The Labute approximate surface area is 169 Å². The van der Waals surface area contributed by atoms with E-state index < -0.39 is 12.0 Å². The largest absolute Gasteiger partial charge is 0.480 e. The first kappa shape index (κ1) is 22.3. The summed E-state index contributed by atoms with van der Waals surface area (Å²) in [6, 6.07) is -0.873. The summed E-state index contributed by atoms with van der Waals surface area (Å²) in [5.74, 6) is -1.54. The van der Waals surface area contributed by atoms with Crippen LogP contribution in [-0.2, 0) is 14.4 Å². The van der Waals surface area contributed by atoms with Crippen LogP contribution in [0.5, 0.6) is 0 Å². The van der Waals surface area contributed by atoms with E-state index in [-0.39, 0.29) is 30.2 Å². The van der Waals surface area contributed by atoms with E-state index in [9.17, 15) is 19.5 Å². The lowest BCUT2D eigenvalue weighted by atomic mass is 9.96. The molecule has 0 saturated carbocycles. The highest BCUT2D eigenvalue weighted by Gasteiger charge is 2.30. The number of piperidine rings is 1. The van der Waals surface area contributed by atoms with Crippen LogP contribution < -0.4 is 10.6 Å². The fraction of sp³-hybridized carbons (Fsp3) is 0.684. The number of hydrogen-bond donors (Lipinski definition) is 3. The van der Waals surface area contributed by atoms with E-state index in [1.807, 2.05) is 32.6 Å². The van der Waals surface area contributed by atoms with Crippen molar-refractivity contribution in [2.45, 2.75) is 53.0 Å². The third kappa shape index (κ3) is 6.56. The summed E-state index contributed by atoms with van der Waals surface area (Å²) in [5.41, 5.74) is 0.907. The maximum absolute atomic E-state index is 12.5. The van der Waals surface area contributed by atoms with Crippen molar-refractivity contribution in [3.8, 4) is 0 Å². The van der Waals surface area contributed by atoms with Crippen LogP contribution in [0.25, 0.3) is 0 Å². The number of aliphatic carboxylic acids is 1. The molecule has 0 aliphatic carbocycles. The third-order valence-electron chi connectivity index (χ3n) is 4.84. The van der Waals surface area contributed by atoms with Crippen LogP contribution in [0.2, 0.25) is 0 Å². The van der Waals surface area contributed by atoms with E-state index >= 15 is 0 Å². The molecular weight excluding hydrogens is 380 g/mol. The molecule has 1 aliphatic heterocycles. The molecule has 3 N–H and O–H groups in total. The fourth-order valence-electron chi connectivity index (χ4n) is 3.28. The molecule has 2 amide bonds.